The Labute approximate surface area is 122 Å². The van der Waals surface area contributed by atoms with Gasteiger partial charge in [-0.15, -0.1) is 0 Å². The monoisotopic (exact) mass is 300 g/mol. The summed E-state index contributed by atoms with van der Waals surface area (Å²) in [5, 5.41) is 4.36. The van der Waals surface area contributed by atoms with Gasteiger partial charge in [0.25, 0.3) is 5.91 Å². The van der Waals surface area contributed by atoms with Gasteiger partial charge in [-0.3, -0.25) is 4.79 Å². The van der Waals surface area contributed by atoms with Gasteiger partial charge in [0.05, 0.1) is 0 Å². The molecule has 1 atom stereocenters. The van der Waals surface area contributed by atoms with Gasteiger partial charge in [-0.05, 0) is 13.3 Å². The number of carbonyl (C=O) groups excluding carboxylic acids is 1. The van der Waals surface area contributed by atoms with Crippen LogP contribution in [0.1, 0.15) is 29.9 Å². The van der Waals surface area contributed by atoms with E-state index in [0.29, 0.717) is 15.9 Å². The Balaban J connectivity index is 2.10. The molecule has 1 amide bonds. The normalized spacial score (nSPS) is 19.5. The van der Waals surface area contributed by atoms with E-state index in [1.807, 2.05) is 23.6 Å². The van der Waals surface area contributed by atoms with Gasteiger partial charge in [-0.1, -0.05) is 18.3 Å². The number of thiazole rings is 1. The SMILES string of the molecule is CCNc1nc(N)c(C(=O)N2CCSC(CC)C2)s1. The second-order valence-corrected chi connectivity index (χ2v) is 6.82. The quantitative estimate of drug-likeness (QED) is 0.891. The molecule has 5 nitrogen and oxygen atoms in total. The molecule has 1 fully saturated rings. The molecular weight excluding hydrogens is 280 g/mol. The van der Waals surface area contributed by atoms with E-state index in [2.05, 4.69) is 17.2 Å². The predicted molar refractivity (Wildman–Crippen MR) is 83.1 cm³/mol. The van der Waals surface area contributed by atoms with Crippen LogP contribution in [0.15, 0.2) is 0 Å². The van der Waals surface area contributed by atoms with Gasteiger partial charge in [0.15, 0.2) is 5.13 Å². The second kappa shape index (κ2) is 6.47. The average molecular weight is 300 g/mol. The van der Waals surface area contributed by atoms with Crippen LogP contribution in [-0.4, -0.2) is 46.4 Å². The maximum Gasteiger partial charge on any atom is 0.267 e. The summed E-state index contributed by atoms with van der Waals surface area (Å²) >= 11 is 3.30. The van der Waals surface area contributed by atoms with E-state index < -0.39 is 0 Å². The number of hydrogen-bond donors (Lipinski definition) is 2. The Bertz CT molecular complexity index is 449. The fourth-order valence-electron chi connectivity index (χ4n) is 2.01. The summed E-state index contributed by atoms with van der Waals surface area (Å²) in [7, 11) is 0. The van der Waals surface area contributed by atoms with Crippen molar-refractivity contribution in [3.05, 3.63) is 4.88 Å². The number of nitrogens with one attached hydrogen (secondary N) is 1. The van der Waals surface area contributed by atoms with Crippen LogP contribution in [0.3, 0.4) is 0 Å². The standard InChI is InChI=1S/C12H20N4OS2/c1-3-8-7-16(5-6-18-8)11(17)9-10(13)15-12(19-9)14-4-2/h8H,3-7,13H2,1-2H3,(H,14,15). The van der Waals surface area contributed by atoms with E-state index in [9.17, 15) is 4.79 Å². The zero-order valence-electron chi connectivity index (χ0n) is 11.3. The van der Waals surface area contributed by atoms with E-state index in [1.54, 1.807) is 0 Å². The average Bonchev–Trinajstić information content (AvgIpc) is 2.79. The van der Waals surface area contributed by atoms with Crippen molar-refractivity contribution in [3.63, 3.8) is 0 Å². The lowest BCUT2D eigenvalue weighted by molar-refractivity contribution is 0.0766. The Hall–Kier alpha value is -0.950. The van der Waals surface area contributed by atoms with Crippen LogP contribution >= 0.6 is 23.1 Å². The largest absolute Gasteiger partial charge is 0.382 e. The number of amides is 1. The minimum atomic E-state index is 0.0258. The summed E-state index contributed by atoms with van der Waals surface area (Å²) in [5.74, 6) is 1.37. The molecule has 2 rings (SSSR count). The van der Waals surface area contributed by atoms with Gasteiger partial charge < -0.3 is 16.0 Å². The molecule has 1 aliphatic heterocycles. The van der Waals surface area contributed by atoms with Gasteiger partial charge >= 0.3 is 0 Å². The number of nitrogens with zero attached hydrogens (tertiary/aromatic N) is 2. The fourth-order valence-corrected chi connectivity index (χ4v) is 4.11. The molecule has 106 valence electrons. The van der Waals surface area contributed by atoms with E-state index >= 15 is 0 Å². The van der Waals surface area contributed by atoms with Crippen LogP contribution in [-0.2, 0) is 0 Å². The van der Waals surface area contributed by atoms with Gasteiger partial charge in [0, 0.05) is 30.6 Å². The lowest BCUT2D eigenvalue weighted by Gasteiger charge is -2.31. The molecule has 0 spiro atoms. The highest BCUT2D eigenvalue weighted by molar-refractivity contribution is 8.00. The minimum absolute atomic E-state index is 0.0258. The molecule has 19 heavy (non-hydrogen) atoms. The highest BCUT2D eigenvalue weighted by Crippen LogP contribution is 2.28. The number of anilines is 2. The van der Waals surface area contributed by atoms with Gasteiger partial charge in [0.2, 0.25) is 0 Å². The fraction of sp³-hybridized carbons (Fsp3) is 0.667. The molecule has 3 N–H and O–H groups in total. The molecule has 0 bridgehead atoms. The molecule has 1 aromatic rings. The predicted octanol–water partition coefficient (Wildman–Crippen LogP) is 2.12. The number of aromatic nitrogens is 1. The zero-order valence-corrected chi connectivity index (χ0v) is 12.9. The smallest absolute Gasteiger partial charge is 0.267 e. The number of carbonyl (C=O) groups is 1. The van der Waals surface area contributed by atoms with Crippen molar-refractivity contribution in [1.29, 1.82) is 0 Å². The van der Waals surface area contributed by atoms with E-state index in [4.69, 9.17) is 5.73 Å². The molecular formula is C12H20N4OS2. The third-order valence-corrected chi connectivity index (χ3v) is 5.45. The summed E-state index contributed by atoms with van der Waals surface area (Å²) in [5.41, 5.74) is 5.85. The van der Waals surface area contributed by atoms with Crippen LogP contribution in [0.25, 0.3) is 0 Å². The molecule has 1 aromatic heterocycles. The Morgan fingerprint density at radius 1 is 1.58 bits per heavy atom. The molecule has 7 heteroatoms. The van der Waals surface area contributed by atoms with Crippen LogP contribution < -0.4 is 11.1 Å². The molecule has 0 aromatic carbocycles. The van der Waals surface area contributed by atoms with Crippen molar-refractivity contribution in [2.75, 3.05) is 36.4 Å². The highest BCUT2D eigenvalue weighted by Gasteiger charge is 2.27. The Morgan fingerprint density at radius 3 is 3.05 bits per heavy atom. The number of hydrogen-bond acceptors (Lipinski definition) is 6. The minimum Gasteiger partial charge on any atom is -0.382 e. The highest BCUT2D eigenvalue weighted by atomic mass is 32.2. The van der Waals surface area contributed by atoms with Gasteiger partial charge in [-0.25, -0.2) is 4.98 Å². The first-order valence-corrected chi connectivity index (χ1v) is 8.43. The maximum absolute atomic E-state index is 12.5. The van der Waals surface area contributed by atoms with Crippen LogP contribution in [0, 0.1) is 0 Å². The van der Waals surface area contributed by atoms with Crippen LogP contribution in [0.4, 0.5) is 10.9 Å². The number of rotatable bonds is 4. The van der Waals surface area contributed by atoms with Crippen molar-refractivity contribution in [1.82, 2.24) is 9.88 Å². The second-order valence-electron chi connectivity index (χ2n) is 4.42. The van der Waals surface area contributed by atoms with Crippen molar-refractivity contribution in [3.8, 4) is 0 Å². The number of nitrogens with two attached hydrogens (primary N) is 1. The molecule has 1 unspecified atom stereocenters. The summed E-state index contributed by atoms with van der Waals surface area (Å²) in [6, 6.07) is 0. The Kier molecular flexibility index (Phi) is 4.93. The molecule has 0 radical (unpaired) electrons. The van der Waals surface area contributed by atoms with Gasteiger partial charge in [0.1, 0.15) is 10.7 Å². The topological polar surface area (TPSA) is 71.2 Å². The summed E-state index contributed by atoms with van der Waals surface area (Å²) in [6.07, 6.45) is 1.09. The summed E-state index contributed by atoms with van der Waals surface area (Å²) in [4.78, 5) is 19.1. The van der Waals surface area contributed by atoms with Crippen molar-refractivity contribution in [2.24, 2.45) is 0 Å². The van der Waals surface area contributed by atoms with Crippen molar-refractivity contribution >= 4 is 40.0 Å². The maximum atomic E-state index is 12.5. The number of thioether (sulfide) groups is 1. The summed E-state index contributed by atoms with van der Waals surface area (Å²) in [6.45, 7) is 6.55. The van der Waals surface area contributed by atoms with Crippen molar-refractivity contribution < 1.29 is 4.79 Å². The first-order valence-electron chi connectivity index (χ1n) is 6.56. The third kappa shape index (κ3) is 3.33. The van der Waals surface area contributed by atoms with E-state index in [0.717, 1.165) is 36.9 Å². The molecule has 0 aliphatic carbocycles. The van der Waals surface area contributed by atoms with Gasteiger partial charge in [-0.2, -0.15) is 11.8 Å². The van der Waals surface area contributed by atoms with Crippen LogP contribution in [0.5, 0.6) is 0 Å². The molecule has 2 heterocycles. The van der Waals surface area contributed by atoms with E-state index in [-0.39, 0.29) is 5.91 Å². The lowest BCUT2D eigenvalue weighted by atomic mass is 10.3. The van der Waals surface area contributed by atoms with Crippen LogP contribution in [0.2, 0.25) is 0 Å². The zero-order chi connectivity index (χ0) is 13.8. The molecule has 1 aliphatic rings. The summed E-state index contributed by atoms with van der Waals surface area (Å²) < 4.78 is 0. The van der Waals surface area contributed by atoms with E-state index in [1.165, 1.54) is 11.3 Å². The lowest BCUT2D eigenvalue weighted by Crippen LogP contribution is -2.41. The first kappa shape index (κ1) is 14.5. The third-order valence-electron chi connectivity index (χ3n) is 3.06. The first-order chi connectivity index (χ1) is 9.15. The molecule has 1 saturated heterocycles. The Morgan fingerprint density at radius 2 is 2.37 bits per heavy atom. The molecule has 0 saturated carbocycles. The van der Waals surface area contributed by atoms with Crippen molar-refractivity contribution in [2.45, 2.75) is 25.5 Å². The number of nitrogen functional groups attached to an aromatic ring is 1.